The lowest BCUT2D eigenvalue weighted by molar-refractivity contribution is 1.18. The zero-order valence-corrected chi connectivity index (χ0v) is 13.5. The van der Waals surface area contributed by atoms with E-state index < -0.39 is 0 Å². The van der Waals surface area contributed by atoms with E-state index in [1.807, 2.05) is 48.5 Å². The number of hydrogen-bond acceptors (Lipinski definition) is 0. The maximum atomic E-state index is 5.58. The van der Waals surface area contributed by atoms with Gasteiger partial charge in [-0.25, -0.2) is 0 Å². The molecule has 1 heterocycles. The van der Waals surface area contributed by atoms with Crippen LogP contribution < -0.4 is 0 Å². The van der Waals surface area contributed by atoms with E-state index in [2.05, 4.69) is 34.5 Å². The minimum absolute atomic E-state index is 0.848. The Hall–Kier alpha value is -3.86. The number of hydrogen-bond donors (Lipinski definition) is 0. The van der Waals surface area contributed by atoms with Crippen molar-refractivity contribution in [1.82, 2.24) is 4.57 Å². The number of nitrogens with zero attached hydrogens (tertiary/aromatic N) is 1. The molecule has 114 valence electrons. The monoisotopic (exact) mass is 315 g/mol. The molecule has 1 nitrogen and oxygen atoms in total. The van der Waals surface area contributed by atoms with Gasteiger partial charge in [0.15, 0.2) is 0 Å². The molecule has 0 aliphatic rings. The molecule has 0 atom stereocenters. The van der Waals surface area contributed by atoms with Crippen molar-refractivity contribution in [2.24, 2.45) is 0 Å². The molecule has 0 saturated heterocycles. The SMILES string of the molecule is C#Cc1ccc(-n2c3ccc(C#C)cc3c3cc(C#C)ccc32)cc1. The molecule has 0 radical (unpaired) electrons. The Morgan fingerprint density at radius 3 is 1.44 bits per heavy atom. The molecule has 4 aromatic rings. The molecule has 1 aromatic heterocycles. The van der Waals surface area contributed by atoms with E-state index in [4.69, 9.17) is 19.3 Å². The second-order valence-electron chi connectivity index (χ2n) is 5.78. The van der Waals surface area contributed by atoms with Crippen molar-refractivity contribution < 1.29 is 0 Å². The minimum Gasteiger partial charge on any atom is -0.309 e. The lowest BCUT2D eigenvalue weighted by Gasteiger charge is -2.08. The zero-order chi connectivity index (χ0) is 17.4. The summed E-state index contributed by atoms with van der Waals surface area (Å²) in [6.07, 6.45) is 16.6. The molecule has 0 amide bonds. The molecular weight excluding hydrogens is 302 g/mol. The summed E-state index contributed by atoms with van der Waals surface area (Å²) in [5, 5.41) is 2.17. The van der Waals surface area contributed by atoms with Crippen LogP contribution in [0.25, 0.3) is 27.5 Å². The van der Waals surface area contributed by atoms with Gasteiger partial charge < -0.3 is 4.57 Å². The summed E-state index contributed by atoms with van der Waals surface area (Å²) in [6.45, 7) is 0. The van der Waals surface area contributed by atoms with Gasteiger partial charge in [-0.1, -0.05) is 17.8 Å². The van der Waals surface area contributed by atoms with Gasteiger partial charge in [0, 0.05) is 33.2 Å². The summed E-state index contributed by atoms with van der Waals surface area (Å²) in [7, 11) is 0. The topological polar surface area (TPSA) is 4.93 Å². The number of benzene rings is 3. The first-order valence-corrected chi connectivity index (χ1v) is 7.83. The normalized spacial score (nSPS) is 10.3. The second kappa shape index (κ2) is 5.65. The first kappa shape index (κ1) is 14.7. The number of terminal acetylenes is 3. The Labute approximate surface area is 146 Å². The number of aromatic nitrogens is 1. The van der Waals surface area contributed by atoms with E-state index in [0.717, 1.165) is 44.2 Å². The van der Waals surface area contributed by atoms with Crippen LogP contribution in [0, 0.1) is 37.0 Å². The van der Waals surface area contributed by atoms with Gasteiger partial charge in [-0.15, -0.1) is 19.3 Å². The fourth-order valence-electron chi connectivity index (χ4n) is 3.19. The van der Waals surface area contributed by atoms with Gasteiger partial charge in [0.05, 0.1) is 11.0 Å². The summed E-state index contributed by atoms with van der Waals surface area (Å²) < 4.78 is 2.20. The largest absolute Gasteiger partial charge is 0.309 e. The van der Waals surface area contributed by atoms with Crippen LogP contribution in [0.1, 0.15) is 16.7 Å². The maximum absolute atomic E-state index is 5.58. The summed E-state index contributed by atoms with van der Waals surface area (Å²) in [5.41, 5.74) is 5.75. The predicted molar refractivity (Wildman–Crippen MR) is 105 cm³/mol. The Balaban J connectivity index is 2.13. The van der Waals surface area contributed by atoms with Gasteiger partial charge in [0.1, 0.15) is 0 Å². The van der Waals surface area contributed by atoms with E-state index in [-0.39, 0.29) is 0 Å². The highest BCUT2D eigenvalue weighted by Gasteiger charge is 2.13. The molecule has 25 heavy (non-hydrogen) atoms. The molecular formula is C24H13N. The highest BCUT2D eigenvalue weighted by atomic mass is 15.0. The molecule has 0 N–H and O–H groups in total. The fraction of sp³-hybridized carbons (Fsp3) is 0. The maximum Gasteiger partial charge on any atom is 0.0541 e. The smallest absolute Gasteiger partial charge is 0.0541 e. The van der Waals surface area contributed by atoms with E-state index in [1.54, 1.807) is 0 Å². The van der Waals surface area contributed by atoms with Crippen LogP contribution in [-0.4, -0.2) is 4.57 Å². The molecule has 0 aliphatic heterocycles. The highest BCUT2D eigenvalue weighted by Crippen LogP contribution is 2.33. The summed E-state index contributed by atoms with van der Waals surface area (Å²) in [6, 6.07) is 20.0. The molecule has 0 saturated carbocycles. The number of fused-ring (bicyclic) bond motifs is 3. The van der Waals surface area contributed by atoms with Crippen LogP contribution in [0.3, 0.4) is 0 Å². The van der Waals surface area contributed by atoms with Crippen LogP contribution in [-0.2, 0) is 0 Å². The lowest BCUT2D eigenvalue weighted by atomic mass is 10.1. The third-order valence-electron chi connectivity index (χ3n) is 4.39. The fourth-order valence-corrected chi connectivity index (χ4v) is 3.19. The van der Waals surface area contributed by atoms with E-state index in [0.29, 0.717) is 0 Å². The van der Waals surface area contributed by atoms with Crippen molar-refractivity contribution in [3.05, 3.63) is 77.4 Å². The third-order valence-corrected chi connectivity index (χ3v) is 4.39. The number of rotatable bonds is 1. The van der Waals surface area contributed by atoms with Crippen molar-refractivity contribution in [1.29, 1.82) is 0 Å². The molecule has 0 unspecified atom stereocenters. The summed E-state index contributed by atoms with van der Waals surface area (Å²) >= 11 is 0. The molecule has 0 aliphatic carbocycles. The minimum atomic E-state index is 0.848. The van der Waals surface area contributed by atoms with E-state index in [9.17, 15) is 0 Å². The third kappa shape index (κ3) is 2.26. The lowest BCUT2D eigenvalue weighted by Crippen LogP contribution is -1.93. The van der Waals surface area contributed by atoms with Crippen LogP contribution in [0.4, 0.5) is 0 Å². The Bertz CT molecular complexity index is 1180. The van der Waals surface area contributed by atoms with Crippen molar-refractivity contribution in [2.45, 2.75) is 0 Å². The Morgan fingerprint density at radius 2 is 1.00 bits per heavy atom. The highest BCUT2D eigenvalue weighted by molar-refractivity contribution is 6.10. The van der Waals surface area contributed by atoms with Gasteiger partial charge >= 0.3 is 0 Å². The van der Waals surface area contributed by atoms with Crippen molar-refractivity contribution in [3.8, 4) is 42.7 Å². The van der Waals surface area contributed by atoms with Crippen LogP contribution in [0.5, 0.6) is 0 Å². The average molecular weight is 315 g/mol. The average Bonchev–Trinajstić information content (AvgIpc) is 3.00. The molecule has 0 bridgehead atoms. The van der Waals surface area contributed by atoms with Crippen molar-refractivity contribution in [3.63, 3.8) is 0 Å². The zero-order valence-electron chi connectivity index (χ0n) is 13.5. The predicted octanol–water partition coefficient (Wildman–Crippen LogP) is 4.73. The molecule has 0 fully saturated rings. The van der Waals surface area contributed by atoms with Gasteiger partial charge in [0.25, 0.3) is 0 Å². The quantitative estimate of drug-likeness (QED) is 0.448. The summed E-state index contributed by atoms with van der Waals surface area (Å²) in [4.78, 5) is 0. The van der Waals surface area contributed by atoms with Gasteiger partial charge in [0.2, 0.25) is 0 Å². The molecule has 3 aromatic carbocycles. The van der Waals surface area contributed by atoms with Gasteiger partial charge in [-0.05, 0) is 60.7 Å². The Morgan fingerprint density at radius 1 is 0.560 bits per heavy atom. The Kier molecular flexibility index (Phi) is 3.32. The van der Waals surface area contributed by atoms with Gasteiger partial charge in [-0.3, -0.25) is 0 Å². The van der Waals surface area contributed by atoms with Crippen molar-refractivity contribution in [2.75, 3.05) is 0 Å². The molecule has 0 spiro atoms. The van der Waals surface area contributed by atoms with Crippen LogP contribution >= 0.6 is 0 Å². The standard InChI is InChI=1S/C24H13N/c1-4-17-7-11-20(12-8-17)25-23-13-9-18(5-2)15-21(23)22-16-19(6-3)10-14-24(22)25/h1-3,7-16H. The van der Waals surface area contributed by atoms with E-state index >= 15 is 0 Å². The molecule has 1 heteroatoms. The van der Waals surface area contributed by atoms with Crippen LogP contribution in [0.2, 0.25) is 0 Å². The first-order chi connectivity index (χ1) is 12.2. The van der Waals surface area contributed by atoms with Crippen LogP contribution in [0.15, 0.2) is 60.7 Å². The van der Waals surface area contributed by atoms with E-state index in [1.165, 1.54) is 0 Å². The second-order valence-corrected chi connectivity index (χ2v) is 5.78. The first-order valence-electron chi connectivity index (χ1n) is 7.83. The van der Waals surface area contributed by atoms with Gasteiger partial charge in [-0.2, -0.15) is 0 Å². The summed E-state index contributed by atoms with van der Waals surface area (Å²) in [5.74, 6) is 8.06. The van der Waals surface area contributed by atoms with Crippen molar-refractivity contribution >= 4 is 21.8 Å². The molecule has 4 rings (SSSR count).